The second kappa shape index (κ2) is 4.30. The molecule has 0 atom stereocenters. The summed E-state index contributed by atoms with van der Waals surface area (Å²) >= 11 is 0. The van der Waals surface area contributed by atoms with Gasteiger partial charge in [-0.3, -0.25) is 0 Å². The van der Waals surface area contributed by atoms with E-state index in [1.807, 2.05) is 0 Å². The van der Waals surface area contributed by atoms with Crippen LogP contribution in [0.25, 0.3) is 11.1 Å². The highest BCUT2D eigenvalue weighted by molar-refractivity contribution is 7.96. The summed E-state index contributed by atoms with van der Waals surface area (Å²) in [6, 6.07) is 28.8. The van der Waals surface area contributed by atoms with E-state index in [1.165, 1.54) is 27.0 Å². The molecule has 1 heteroatoms. The summed E-state index contributed by atoms with van der Waals surface area (Å²) in [5.74, 6) is 0. The maximum atomic E-state index is 2.45. The van der Waals surface area contributed by atoms with E-state index in [0.29, 0.717) is 0 Å². The summed E-state index contributed by atoms with van der Waals surface area (Å²) in [7, 11) is -1.45. The Morgan fingerprint density at radius 3 is 1.55 bits per heavy atom. The molecule has 0 saturated carbocycles. The van der Waals surface area contributed by atoms with Gasteiger partial charge in [-0.05, 0) is 24.3 Å². The summed E-state index contributed by atoms with van der Waals surface area (Å²) < 4.78 is 0. The molecule has 0 amide bonds. The van der Waals surface area contributed by atoms with Crippen molar-refractivity contribution >= 4 is 23.2 Å². The highest BCUT2D eigenvalue weighted by atomic mass is 31.2. The molecule has 1 aliphatic heterocycles. The first-order valence-corrected chi connectivity index (χ1v) is 9.17. The quantitative estimate of drug-likeness (QED) is 0.595. The lowest BCUT2D eigenvalue weighted by Gasteiger charge is -2.19. The molecule has 1 aliphatic rings. The molecule has 0 aromatic heterocycles. The molecule has 0 radical (unpaired) electrons. The minimum Gasteiger partial charge on any atom is -0.0620 e. The molecule has 1 heterocycles. The number of fused-ring (bicyclic) bond motifs is 3. The average Bonchev–Trinajstić information content (AvgIpc) is 2.80. The maximum absolute atomic E-state index is 2.45. The largest absolute Gasteiger partial charge is 0.112 e. The molecule has 0 saturated heterocycles. The van der Waals surface area contributed by atoms with Crippen molar-refractivity contribution in [1.82, 2.24) is 0 Å². The minimum atomic E-state index is -1.45. The van der Waals surface area contributed by atoms with Crippen molar-refractivity contribution in [3.8, 4) is 11.1 Å². The second-order valence-electron chi connectivity index (χ2n) is 5.38. The Morgan fingerprint density at radius 2 is 1.00 bits per heavy atom. The zero-order valence-corrected chi connectivity index (χ0v) is 12.3. The average molecular weight is 275 g/mol. The number of hydrogen-bond acceptors (Lipinski definition) is 0. The van der Waals surface area contributed by atoms with Crippen molar-refractivity contribution in [2.24, 2.45) is 0 Å². The molecule has 0 bridgehead atoms. The highest BCUT2D eigenvalue weighted by Gasteiger charge is 2.48. The van der Waals surface area contributed by atoms with Crippen LogP contribution in [0, 0.1) is 0 Å². The molecule has 0 unspecified atom stereocenters. The van der Waals surface area contributed by atoms with Crippen molar-refractivity contribution in [2.75, 3.05) is 6.66 Å². The van der Waals surface area contributed by atoms with Gasteiger partial charge < -0.3 is 0 Å². The van der Waals surface area contributed by atoms with Gasteiger partial charge in [0.1, 0.15) is 23.2 Å². The zero-order valence-electron chi connectivity index (χ0n) is 11.5. The molecule has 3 aromatic rings. The van der Waals surface area contributed by atoms with E-state index in [4.69, 9.17) is 0 Å². The maximum Gasteiger partial charge on any atom is 0.112 e. The van der Waals surface area contributed by atoms with Crippen molar-refractivity contribution in [1.29, 1.82) is 0 Å². The first-order valence-electron chi connectivity index (χ1n) is 6.93. The lowest BCUT2D eigenvalue weighted by atomic mass is 10.1. The summed E-state index contributed by atoms with van der Waals surface area (Å²) in [6.07, 6.45) is 0. The van der Waals surface area contributed by atoms with E-state index in [9.17, 15) is 0 Å². The Balaban J connectivity index is 2.10. The van der Waals surface area contributed by atoms with Crippen LogP contribution < -0.4 is 15.9 Å². The van der Waals surface area contributed by atoms with Crippen LogP contribution in [0.2, 0.25) is 0 Å². The van der Waals surface area contributed by atoms with E-state index in [2.05, 4.69) is 85.5 Å². The predicted octanol–water partition coefficient (Wildman–Crippen LogP) is 3.59. The number of benzene rings is 3. The van der Waals surface area contributed by atoms with E-state index in [1.54, 1.807) is 0 Å². The van der Waals surface area contributed by atoms with Gasteiger partial charge in [-0.1, -0.05) is 54.6 Å². The van der Waals surface area contributed by atoms with Gasteiger partial charge in [-0.2, -0.15) is 0 Å². The van der Waals surface area contributed by atoms with E-state index in [0.717, 1.165) is 0 Å². The van der Waals surface area contributed by atoms with Gasteiger partial charge in [-0.15, -0.1) is 0 Å². The third kappa shape index (κ3) is 1.46. The topological polar surface area (TPSA) is 0 Å². The fourth-order valence-corrected chi connectivity index (χ4v) is 7.02. The van der Waals surface area contributed by atoms with E-state index in [-0.39, 0.29) is 0 Å². The van der Waals surface area contributed by atoms with Gasteiger partial charge in [0.05, 0.1) is 6.66 Å². The SMILES string of the molecule is C[P+]1(c2ccccc2)c2ccccc2-c2ccccc21. The van der Waals surface area contributed by atoms with Crippen LogP contribution in [-0.2, 0) is 0 Å². The summed E-state index contributed by atoms with van der Waals surface area (Å²) in [5.41, 5.74) is 2.84. The standard InChI is InChI=1S/C19H16P/c1-20(15-9-3-2-4-10-15)18-13-7-5-11-16(18)17-12-6-8-14-19(17)20/h2-14H,1H3/q+1. The fraction of sp³-hybridized carbons (Fsp3) is 0.0526. The first kappa shape index (κ1) is 11.9. The van der Waals surface area contributed by atoms with Gasteiger partial charge in [0.25, 0.3) is 0 Å². The molecule has 0 nitrogen and oxygen atoms in total. The van der Waals surface area contributed by atoms with Crippen LogP contribution in [-0.4, -0.2) is 6.66 Å². The molecule has 0 fully saturated rings. The van der Waals surface area contributed by atoms with Gasteiger partial charge in [-0.25, -0.2) is 0 Å². The van der Waals surface area contributed by atoms with Crippen LogP contribution in [0.1, 0.15) is 0 Å². The van der Waals surface area contributed by atoms with Crippen LogP contribution in [0.5, 0.6) is 0 Å². The summed E-state index contributed by atoms with van der Waals surface area (Å²) in [4.78, 5) is 0. The molecule has 3 aromatic carbocycles. The van der Waals surface area contributed by atoms with Crippen LogP contribution >= 0.6 is 7.26 Å². The summed E-state index contributed by atoms with van der Waals surface area (Å²) in [5, 5.41) is 4.51. The molecule has 96 valence electrons. The van der Waals surface area contributed by atoms with Crippen molar-refractivity contribution in [2.45, 2.75) is 0 Å². The molecule has 4 rings (SSSR count). The smallest absolute Gasteiger partial charge is 0.0620 e. The van der Waals surface area contributed by atoms with Gasteiger partial charge in [0.15, 0.2) is 0 Å². The fourth-order valence-electron chi connectivity index (χ4n) is 3.32. The van der Waals surface area contributed by atoms with E-state index < -0.39 is 7.26 Å². The Labute approximate surface area is 120 Å². The monoisotopic (exact) mass is 275 g/mol. The second-order valence-corrected chi connectivity index (χ2v) is 8.87. The van der Waals surface area contributed by atoms with Gasteiger partial charge in [0, 0.05) is 11.1 Å². The highest BCUT2D eigenvalue weighted by Crippen LogP contribution is 2.58. The Kier molecular flexibility index (Phi) is 2.55. The van der Waals surface area contributed by atoms with Crippen LogP contribution in [0.4, 0.5) is 0 Å². The van der Waals surface area contributed by atoms with Crippen molar-refractivity contribution in [3.63, 3.8) is 0 Å². The third-order valence-corrected chi connectivity index (χ3v) is 8.37. The van der Waals surface area contributed by atoms with Crippen LogP contribution in [0.3, 0.4) is 0 Å². The molecule has 0 spiro atoms. The van der Waals surface area contributed by atoms with Gasteiger partial charge in [0.2, 0.25) is 0 Å². The van der Waals surface area contributed by atoms with Crippen LogP contribution in [0.15, 0.2) is 78.9 Å². The normalized spacial score (nSPS) is 14.7. The lowest BCUT2D eigenvalue weighted by Crippen LogP contribution is -2.26. The minimum absolute atomic E-state index is 1.42. The lowest BCUT2D eigenvalue weighted by molar-refractivity contribution is 1.71. The predicted molar refractivity (Wildman–Crippen MR) is 90.1 cm³/mol. The third-order valence-electron chi connectivity index (χ3n) is 4.33. The molecule has 0 aliphatic carbocycles. The zero-order chi connectivity index (χ0) is 13.6. The molecular weight excluding hydrogens is 259 g/mol. The Bertz CT molecular complexity index is 729. The Hall–Kier alpha value is -1.91. The summed E-state index contributed by atoms with van der Waals surface area (Å²) in [6.45, 7) is 2.45. The van der Waals surface area contributed by atoms with Crippen molar-refractivity contribution < 1.29 is 0 Å². The van der Waals surface area contributed by atoms with Crippen molar-refractivity contribution in [3.05, 3.63) is 78.9 Å². The first-order chi connectivity index (χ1) is 9.82. The number of hydrogen-bond donors (Lipinski definition) is 0. The van der Waals surface area contributed by atoms with Gasteiger partial charge >= 0.3 is 0 Å². The molecular formula is C19H16P+. The number of rotatable bonds is 1. The molecule has 20 heavy (non-hydrogen) atoms. The Morgan fingerprint density at radius 1 is 0.550 bits per heavy atom. The van der Waals surface area contributed by atoms with E-state index >= 15 is 0 Å². The molecule has 0 N–H and O–H groups in total.